The van der Waals surface area contributed by atoms with Gasteiger partial charge in [0.25, 0.3) is 0 Å². The van der Waals surface area contributed by atoms with E-state index in [4.69, 9.17) is 4.74 Å². The Balaban J connectivity index is 1.38. The Hall–Kier alpha value is -3.66. The predicted octanol–water partition coefficient (Wildman–Crippen LogP) is 3.12. The number of hydrogen-bond donors (Lipinski definition) is 1. The van der Waals surface area contributed by atoms with Gasteiger partial charge in [0.05, 0.1) is 19.4 Å². The lowest BCUT2D eigenvalue weighted by Crippen LogP contribution is -2.28. The number of hydrogen-bond acceptors (Lipinski definition) is 7. The van der Waals surface area contributed by atoms with Crippen LogP contribution in [0.3, 0.4) is 0 Å². The number of aromatic nitrogens is 6. The summed E-state index contributed by atoms with van der Waals surface area (Å²) in [7, 11) is 3.37. The molecule has 0 aliphatic heterocycles. The third kappa shape index (κ3) is 4.80. The van der Waals surface area contributed by atoms with Crippen molar-refractivity contribution >= 4 is 17.7 Å². The minimum Gasteiger partial charge on any atom is -0.497 e. The van der Waals surface area contributed by atoms with Gasteiger partial charge >= 0.3 is 0 Å². The van der Waals surface area contributed by atoms with E-state index in [1.54, 1.807) is 19.1 Å². The standard InChI is InChI=1S/C22H23N7O2S/c1-15-24-27-22(29(15)17-9-11-18(31-3)12-10-17)32-14-20(30)28(2)13-19-23-21(26-25-19)16-7-5-4-6-8-16/h4-12H,13-14H2,1-3H3,(H,23,25,26). The van der Waals surface area contributed by atoms with E-state index in [1.807, 2.05) is 66.1 Å². The molecule has 2 aromatic carbocycles. The smallest absolute Gasteiger partial charge is 0.233 e. The molecule has 0 aliphatic rings. The monoisotopic (exact) mass is 449 g/mol. The highest BCUT2D eigenvalue weighted by atomic mass is 32.2. The van der Waals surface area contributed by atoms with E-state index in [-0.39, 0.29) is 11.7 Å². The van der Waals surface area contributed by atoms with Gasteiger partial charge in [0, 0.05) is 18.3 Å². The number of nitrogens with zero attached hydrogens (tertiary/aromatic N) is 6. The summed E-state index contributed by atoms with van der Waals surface area (Å²) in [4.78, 5) is 18.8. The van der Waals surface area contributed by atoms with E-state index < -0.39 is 0 Å². The zero-order valence-corrected chi connectivity index (χ0v) is 18.8. The Labute approximate surface area is 189 Å². The summed E-state index contributed by atoms with van der Waals surface area (Å²) in [6.45, 7) is 2.22. The number of nitrogens with one attached hydrogen (secondary N) is 1. The topological polar surface area (TPSA) is 102 Å². The Bertz CT molecular complexity index is 1190. The van der Waals surface area contributed by atoms with Gasteiger partial charge in [-0.05, 0) is 31.2 Å². The molecule has 0 unspecified atom stereocenters. The molecule has 2 aromatic heterocycles. The Morgan fingerprint density at radius 1 is 1.12 bits per heavy atom. The average molecular weight is 450 g/mol. The molecule has 0 saturated heterocycles. The van der Waals surface area contributed by atoms with Crippen LogP contribution in [0.15, 0.2) is 59.8 Å². The number of carbonyl (C=O) groups excluding carboxylic acids is 1. The number of H-pyrrole nitrogens is 1. The second kappa shape index (κ2) is 9.65. The van der Waals surface area contributed by atoms with E-state index in [2.05, 4.69) is 25.4 Å². The number of benzene rings is 2. The minimum atomic E-state index is -0.0467. The van der Waals surface area contributed by atoms with Gasteiger partial charge in [0.1, 0.15) is 17.4 Å². The fourth-order valence-corrected chi connectivity index (χ4v) is 4.03. The highest BCUT2D eigenvalue weighted by Crippen LogP contribution is 2.24. The molecule has 0 bridgehead atoms. The summed E-state index contributed by atoms with van der Waals surface area (Å²) in [5.74, 6) is 2.93. The average Bonchev–Trinajstić information content (AvgIpc) is 3.44. The minimum absolute atomic E-state index is 0.0467. The Morgan fingerprint density at radius 3 is 2.59 bits per heavy atom. The van der Waals surface area contributed by atoms with Gasteiger partial charge in [0.2, 0.25) is 5.91 Å². The van der Waals surface area contributed by atoms with E-state index in [0.29, 0.717) is 23.4 Å². The number of thioether (sulfide) groups is 1. The largest absolute Gasteiger partial charge is 0.497 e. The number of amides is 1. The Morgan fingerprint density at radius 2 is 1.88 bits per heavy atom. The molecule has 10 heteroatoms. The van der Waals surface area contributed by atoms with Gasteiger partial charge in [-0.3, -0.25) is 14.5 Å². The molecule has 4 aromatic rings. The molecule has 9 nitrogen and oxygen atoms in total. The number of aromatic amines is 1. The fraction of sp³-hybridized carbons (Fsp3) is 0.227. The number of methoxy groups -OCH3 is 1. The van der Waals surface area contributed by atoms with Crippen molar-refractivity contribution in [2.75, 3.05) is 19.9 Å². The molecule has 2 heterocycles. The third-order valence-electron chi connectivity index (χ3n) is 4.83. The quantitative estimate of drug-likeness (QED) is 0.412. The summed E-state index contributed by atoms with van der Waals surface area (Å²) >= 11 is 1.34. The molecule has 1 N–H and O–H groups in total. The first kappa shape index (κ1) is 21.6. The van der Waals surface area contributed by atoms with Crippen LogP contribution in [0.1, 0.15) is 11.6 Å². The molecule has 1 amide bonds. The van der Waals surface area contributed by atoms with Crippen LogP contribution in [-0.2, 0) is 11.3 Å². The zero-order chi connectivity index (χ0) is 22.5. The molecule has 4 rings (SSSR count). The molecule has 0 spiro atoms. The van der Waals surface area contributed by atoms with Crippen molar-refractivity contribution in [3.05, 3.63) is 66.2 Å². The maximum Gasteiger partial charge on any atom is 0.233 e. The molecule has 0 aliphatic carbocycles. The normalized spacial score (nSPS) is 10.8. The van der Waals surface area contributed by atoms with E-state index >= 15 is 0 Å². The van der Waals surface area contributed by atoms with Crippen molar-refractivity contribution < 1.29 is 9.53 Å². The first-order valence-electron chi connectivity index (χ1n) is 9.95. The zero-order valence-electron chi connectivity index (χ0n) is 18.0. The molecular formula is C22H23N7O2S. The van der Waals surface area contributed by atoms with Gasteiger partial charge < -0.3 is 9.64 Å². The molecule has 0 fully saturated rings. The number of rotatable bonds is 8. The first-order chi connectivity index (χ1) is 15.5. The van der Waals surface area contributed by atoms with E-state index in [9.17, 15) is 4.79 Å². The van der Waals surface area contributed by atoms with Crippen molar-refractivity contribution in [3.63, 3.8) is 0 Å². The Kier molecular flexibility index (Phi) is 6.50. The summed E-state index contributed by atoms with van der Waals surface area (Å²) < 4.78 is 7.14. The SMILES string of the molecule is COc1ccc(-n2c(C)nnc2SCC(=O)N(C)Cc2nc(-c3ccccc3)n[nH]2)cc1. The summed E-state index contributed by atoms with van der Waals surface area (Å²) in [6.07, 6.45) is 0. The third-order valence-corrected chi connectivity index (χ3v) is 5.74. The van der Waals surface area contributed by atoms with Gasteiger partial charge in [-0.15, -0.1) is 10.2 Å². The fourth-order valence-electron chi connectivity index (χ4n) is 3.10. The van der Waals surface area contributed by atoms with Crippen LogP contribution in [0.4, 0.5) is 0 Å². The van der Waals surface area contributed by atoms with Gasteiger partial charge in [0.15, 0.2) is 11.0 Å². The van der Waals surface area contributed by atoms with Crippen LogP contribution in [0.2, 0.25) is 0 Å². The highest BCUT2D eigenvalue weighted by molar-refractivity contribution is 7.99. The summed E-state index contributed by atoms with van der Waals surface area (Å²) in [5, 5.41) is 16.2. The van der Waals surface area contributed by atoms with Gasteiger partial charge in [-0.2, -0.15) is 5.10 Å². The van der Waals surface area contributed by atoms with Crippen molar-refractivity contribution in [1.82, 2.24) is 34.8 Å². The number of ether oxygens (including phenoxy) is 1. The highest BCUT2D eigenvalue weighted by Gasteiger charge is 2.17. The lowest BCUT2D eigenvalue weighted by molar-refractivity contribution is -0.127. The molecular weight excluding hydrogens is 426 g/mol. The van der Waals surface area contributed by atoms with Crippen molar-refractivity contribution in [2.45, 2.75) is 18.6 Å². The lowest BCUT2D eigenvalue weighted by Gasteiger charge is -2.15. The van der Waals surface area contributed by atoms with Crippen LogP contribution in [0, 0.1) is 6.92 Å². The van der Waals surface area contributed by atoms with Crippen LogP contribution < -0.4 is 4.74 Å². The van der Waals surface area contributed by atoms with Crippen molar-refractivity contribution in [3.8, 4) is 22.8 Å². The van der Waals surface area contributed by atoms with Gasteiger partial charge in [-0.25, -0.2) is 4.98 Å². The second-order valence-corrected chi connectivity index (χ2v) is 8.02. The molecule has 0 saturated carbocycles. The molecule has 164 valence electrons. The maximum atomic E-state index is 12.7. The maximum absolute atomic E-state index is 12.7. The van der Waals surface area contributed by atoms with Crippen LogP contribution in [0.5, 0.6) is 5.75 Å². The van der Waals surface area contributed by atoms with Crippen LogP contribution in [0.25, 0.3) is 17.1 Å². The van der Waals surface area contributed by atoms with Crippen molar-refractivity contribution in [1.29, 1.82) is 0 Å². The lowest BCUT2D eigenvalue weighted by atomic mass is 10.2. The molecule has 0 atom stereocenters. The first-order valence-corrected chi connectivity index (χ1v) is 10.9. The second-order valence-electron chi connectivity index (χ2n) is 7.07. The molecule has 32 heavy (non-hydrogen) atoms. The van der Waals surface area contributed by atoms with Crippen LogP contribution >= 0.6 is 11.8 Å². The number of carbonyl (C=O) groups is 1. The van der Waals surface area contributed by atoms with Gasteiger partial charge in [-0.1, -0.05) is 42.1 Å². The number of aryl methyl sites for hydroxylation is 1. The summed E-state index contributed by atoms with van der Waals surface area (Å²) in [6, 6.07) is 17.3. The van der Waals surface area contributed by atoms with Crippen LogP contribution in [-0.4, -0.2) is 60.7 Å². The van der Waals surface area contributed by atoms with E-state index in [0.717, 1.165) is 22.8 Å². The predicted molar refractivity (Wildman–Crippen MR) is 122 cm³/mol. The summed E-state index contributed by atoms with van der Waals surface area (Å²) in [5.41, 5.74) is 1.83. The van der Waals surface area contributed by atoms with E-state index in [1.165, 1.54) is 11.8 Å². The van der Waals surface area contributed by atoms with Crippen molar-refractivity contribution in [2.24, 2.45) is 0 Å². The molecule has 0 radical (unpaired) electrons.